The topological polar surface area (TPSA) is 43.6 Å². The fourth-order valence-electron chi connectivity index (χ4n) is 2.31. The lowest BCUT2D eigenvalue weighted by atomic mass is 10.1. The average Bonchev–Trinajstić information content (AvgIpc) is 2.83. The van der Waals surface area contributed by atoms with Crippen LogP contribution < -0.4 is 10.1 Å². The maximum Gasteiger partial charge on any atom is 0.135 e. The van der Waals surface area contributed by atoms with E-state index in [9.17, 15) is 0 Å². The Morgan fingerprint density at radius 3 is 2.76 bits per heavy atom. The summed E-state index contributed by atoms with van der Waals surface area (Å²) in [6.07, 6.45) is 2.11. The molecule has 2 rings (SSSR count). The van der Waals surface area contributed by atoms with Crippen LogP contribution in [0.2, 0.25) is 0 Å². The van der Waals surface area contributed by atoms with Gasteiger partial charge in [-0.2, -0.15) is 0 Å². The summed E-state index contributed by atoms with van der Waals surface area (Å²) in [7, 11) is 1.71. The summed E-state index contributed by atoms with van der Waals surface area (Å²) >= 11 is 0. The van der Waals surface area contributed by atoms with E-state index in [1.165, 1.54) is 0 Å². The Labute approximate surface area is 126 Å². The van der Waals surface area contributed by atoms with Crippen LogP contribution in [0.1, 0.15) is 38.0 Å². The molecule has 21 heavy (non-hydrogen) atoms. The normalized spacial score (nSPS) is 11.2. The van der Waals surface area contributed by atoms with E-state index < -0.39 is 0 Å². The first-order valence-electron chi connectivity index (χ1n) is 7.66. The number of hydrogen-bond donors (Lipinski definition) is 1. The monoisotopic (exact) mass is 291 g/mol. The highest BCUT2D eigenvalue weighted by Crippen LogP contribution is 2.30. The Morgan fingerprint density at radius 1 is 1.19 bits per heavy atom. The van der Waals surface area contributed by atoms with Crippen molar-refractivity contribution in [2.75, 3.05) is 20.3 Å². The van der Waals surface area contributed by atoms with Gasteiger partial charge in [0.25, 0.3) is 0 Å². The number of methoxy groups -OCH3 is 1. The zero-order valence-corrected chi connectivity index (χ0v) is 13.2. The zero-order chi connectivity index (χ0) is 15.1. The van der Waals surface area contributed by atoms with Crippen molar-refractivity contribution in [2.24, 2.45) is 0 Å². The Kier molecular flexibility index (Phi) is 6.08. The molecule has 1 N–H and O–H groups in total. The van der Waals surface area contributed by atoms with Crippen molar-refractivity contribution in [1.29, 1.82) is 0 Å². The minimum Gasteiger partial charge on any atom is -0.494 e. The molecule has 0 atom stereocenters. The number of fused-ring (bicyclic) bond motifs is 1. The maximum atomic E-state index is 5.96. The van der Waals surface area contributed by atoms with Crippen molar-refractivity contribution in [1.82, 2.24) is 5.32 Å². The van der Waals surface area contributed by atoms with Gasteiger partial charge in [0.05, 0.1) is 19.8 Å². The van der Waals surface area contributed by atoms with E-state index in [4.69, 9.17) is 13.9 Å². The predicted octanol–water partition coefficient (Wildman–Crippen LogP) is 3.87. The molecule has 4 nitrogen and oxygen atoms in total. The fourth-order valence-corrected chi connectivity index (χ4v) is 2.31. The quantitative estimate of drug-likeness (QED) is 0.712. The molecular formula is C17H25NO3. The Bertz CT molecular complexity index is 562. The lowest BCUT2D eigenvalue weighted by molar-refractivity contribution is 0.183. The summed E-state index contributed by atoms with van der Waals surface area (Å²) in [6.45, 7) is 7.24. The van der Waals surface area contributed by atoms with Crippen molar-refractivity contribution in [3.05, 3.63) is 29.5 Å². The molecule has 1 aromatic carbocycles. The molecule has 0 saturated heterocycles. The van der Waals surface area contributed by atoms with E-state index in [2.05, 4.69) is 19.2 Å². The van der Waals surface area contributed by atoms with Crippen LogP contribution in [0.3, 0.4) is 0 Å². The van der Waals surface area contributed by atoms with Gasteiger partial charge in [-0.25, -0.2) is 0 Å². The van der Waals surface area contributed by atoms with E-state index in [1.807, 2.05) is 18.2 Å². The predicted molar refractivity (Wildman–Crippen MR) is 84.7 cm³/mol. The summed E-state index contributed by atoms with van der Waals surface area (Å²) in [5, 5.41) is 4.46. The van der Waals surface area contributed by atoms with Gasteiger partial charge in [0.15, 0.2) is 0 Å². The van der Waals surface area contributed by atoms with Crippen LogP contribution in [0.25, 0.3) is 11.0 Å². The molecule has 0 amide bonds. The Balaban J connectivity index is 2.28. The van der Waals surface area contributed by atoms with Gasteiger partial charge in [0.1, 0.15) is 17.1 Å². The molecule has 0 saturated carbocycles. The minimum atomic E-state index is 0.549. The van der Waals surface area contributed by atoms with Gasteiger partial charge in [-0.15, -0.1) is 0 Å². The third-order valence-electron chi connectivity index (χ3n) is 3.32. The summed E-state index contributed by atoms with van der Waals surface area (Å²) in [5.41, 5.74) is 2.00. The largest absolute Gasteiger partial charge is 0.494 e. The van der Waals surface area contributed by atoms with Gasteiger partial charge in [0, 0.05) is 18.1 Å². The molecule has 0 aliphatic carbocycles. The van der Waals surface area contributed by atoms with Crippen LogP contribution in [-0.4, -0.2) is 20.3 Å². The van der Waals surface area contributed by atoms with Crippen molar-refractivity contribution in [3.63, 3.8) is 0 Å². The van der Waals surface area contributed by atoms with Crippen molar-refractivity contribution in [2.45, 2.75) is 39.8 Å². The van der Waals surface area contributed by atoms with Gasteiger partial charge >= 0.3 is 0 Å². The molecule has 0 unspecified atom stereocenters. The molecule has 0 fully saturated rings. The van der Waals surface area contributed by atoms with Gasteiger partial charge in [-0.05, 0) is 37.6 Å². The fraction of sp³-hybridized carbons (Fsp3) is 0.529. The van der Waals surface area contributed by atoms with Crippen LogP contribution in [0.15, 0.2) is 22.6 Å². The first-order valence-corrected chi connectivity index (χ1v) is 7.66. The lowest BCUT2D eigenvalue weighted by Gasteiger charge is -2.05. The number of benzene rings is 1. The first-order chi connectivity index (χ1) is 10.3. The summed E-state index contributed by atoms with van der Waals surface area (Å²) in [5.74, 6) is 1.84. The number of rotatable bonds is 9. The standard InChI is InChI=1S/C17H25NO3/c1-4-8-18-11-17-15(12-19-3)14-10-13(20-9-5-2)6-7-16(14)21-17/h6-7,10,18H,4-5,8-9,11-12H2,1-3H3. The molecule has 0 aliphatic heterocycles. The van der Waals surface area contributed by atoms with Gasteiger partial charge in [-0.3, -0.25) is 0 Å². The Morgan fingerprint density at radius 2 is 2.05 bits per heavy atom. The molecule has 0 aliphatic rings. The third-order valence-corrected chi connectivity index (χ3v) is 3.32. The molecule has 0 radical (unpaired) electrons. The maximum absolute atomic E-state index is 5.96. The molecular weight excluding hydrogens is 266 g/mol. The summed E-state index contributed by atoms with van der Waals surface area (Å²) in [4.78, 5) is 0. The van der Waals surface area contributed by atoms with Gasteiger partial charge < -0.3 is 19.2 Å². The highest BCUT2D eigenvalue weighted by molar-refractivity contribution is 5.83. The molecule has 2 aromatic rings. The van der Waals surface area contributed by atoms with Gasteiger partial charge in [0.2, 0.25) is 0 Å². The lowest BCUT2D eigenvalue weighted by Crippen LogP contribution is -2.14. The minimum absolute atomic E-state index is 0.549. The second-order valence-electron chi connectivity index (χ2n) is 5.12. The summed E-state index contributed by atoms with van der Waals surface area (Å²) < 4.78 is 17.0. The van der Waals surface area contributed by atoms with Crippen molar-refractivity contribution >= 4 is 11.0 Å². The zero-order valence-electron chi connectivity index (χ0n) is 13.2. The average molecular weight is 291 g/mol. The highest BCUT2D eigenvalue weighted by Gasteiger charge is 2.14. The first kappa shape index (κ1) is 15.9. The number of ether oxygens (including phenoxy) is 2. The van der Waals surface area contributed by atoms with E-state index in [0.717, 1.165) is 60.6 Å². The summed E-state index contributed by atoms with van der Waals surface area (Å²) in [6, 6.07) is 5.98. The smallest absolute Gasteiger partial charge is 0.135 e. The molecule has 1 heterocycles. The van der Waals surface area contributed by atoms with Crippen LogP contribution in [0.4, 0.5) is 0 Å². The second-order valence-corrected chi connectivity index (χ2v) is 5.12. The number of nitrogens with one attached hydrogen (secondary N) is 1. The SMILES string of the molecule is CCCNCc1oc2ccc(OCCC)cc2c1COC. The second kappa shape index (κ2) is 8.05. The molecule has 0 spiro atoms. The Hall–Kier alpha value is -1.52. The third kappa shape index (κ3) is 3.99. The van der Waals surface area contributed by atoms with Crippen LogP contribution in [0.5, 0.6) is 5.75 Å². The van der Waals surface area contributed by atoms with Crippen molar-refractivity contribution < 1.29 is 13.9 Å². The molecule has 4 heteroatoms. The van der Waals surface area contributed by atoms with Gasteiger partial charge in [-0.1, -0.05) is 13.8 Å². The van der Waals surface area contributed by atoms with Crippen LogP contribution in [0, 0.1) is 0 Å². The van der Waals surface area contributed by atoms with Crippen LogP contribution in [-0.2, 0) is 17.9 Å². The van der Waals surface area contributed by atoms with E-state index in [1.54, 1.807) is 7.11 Å². The molecule has 0 bridgehead atoms. The molecule has 1 aromatic heterocycles. The number of hydrogen-bond acceptors (Lipinski definition) is 4. The van der Waals surface area contributed by atoms with E-state index in [0.29, 0.717) is 6.61 Å². The van der Waals surface area contributed by atoms with E-state index >= 15 is 0 Å². The van der Waals surface area contributed by atoms with Crippen molar-refractivity contribution in [3.8, 4) is 5.75 Å². The van der Waals surface area contributed by atoms with E-state index in [-0.39, 0.29) is 0 Å². The highest BCUT2D eigenvalue weighted by atomic mass is 16.5. The van der Waals surface area contributed by atoms with Crippen LogP contribution >= 0.6 is 0 Å². The molecule has 116 valence electrons. The number of furan rings is 1.